The Morgan fingerprint density at radius 2 is 1.90 bits per heavy atom. The third-order valence-corrected chi connectivity index (χ3v) is 7.57. The van der Waals surface area contributed by atoms with E-state index in [-0.39, 0.29) is 12.0 Å². The average molecular weight is 443 g/mol. The van der Waals surface area contributed by atoms with E-state index in [0.717, 1.165) is 32.5 Å². The fraction of sp³-hybridized carbons (Fsp3) is 0.542. The Kier molecular flexibility index (Phi) is 6.27. The third-order valence-electron chi connectivity index (χ3n) is 6.84. The van der Waals surface area contributed by atoms with Gasteiger partial charge in [0.05, 0.1) is 24.9 Å². The van der Waals surface area contributed by atoms with Crippen LogP contribution in [0.3, 0.4) is 0 Å². The summed E-state index contributed by atoms with van der Waals surface area (Å²) >= 11 is 1.74. The van der Waals surface area contributed by atoms with Crippen molar-refractivity contribution in [3.8, 4) is 5.75 Å². The molecule has 166 valence electrons. The Balaban J connectivity index is 1.25. The van der Waals surface area contributed by atoms with Gasteiger partial charge >= 0.3 is 0 Å². The summed E-state index contributed by atoms with van der Waals surface area (Å²) in [6.45, 7) is 5.40. The normalized spacial score (nSPS) is 29.0. The molecule has 1 aromatic heterocycles. The molecular formula is C24H30N2O4S. The average Bonchev–Trinajstić information content (AvgIpc) is 3.44. The maximum Gasteiger partial charge on any atom is 0.257 e. The lowest BCUT2D eigenvalue weighted by Crippen LogP contribution is -2.43. The number of nitrogens with zero attached hydrogens (tertiary/aromatic N) is 2. The van der Waals surface area contributed by atoms with Crippen LogP contribution in [0.2, 0.25) is 0 Å². The Bertz CT molecular complexity index is 883. The molecule has 3 aliphatic rings. The third kappa shape index (κ3) is 4.65. The number of aliphatic hydroxyl groups is 1. The van der Waals surface area contributed by atoms with E-state index in [9.17, 15) is 9.90 Å². The van der Waals surface area contributed by atoms with E-state index in [4.69, 9.17) is 9.47 Å². The number of ether oxygens (including phenoxy) is 2. The van der Waals surface area contributed by atoms with Crippen LogP contribution in [0, 0.1) is 11.8 Å². The van der Waals surface area contributed by atoms with Crippen LogP contribution in [-0.4, -0.2) is 72.4 Å². The topological polar surface area (TPSA) is 62.2 Å². The molecule has 31 heavy (non-hydrogen) atoms. The van der Waals surface area contributed by atoms with E-state index in [1.165, 1.54) is 5.56 Å². The molecule has 1 aliphatic carbocycles. The molecular weight excluding hydrogens is 412 g/mol. The van der Waals surface area contributed by atoms with Gasteiger partial charge in [0.25, 0.3) is 5.91 Å². The van der Waals surface area contributed by atoms with E-state index in [1.807, 2.05) is 29.2 Å². The summed E-state index contributed by atoms with van der Waals surface area (Å²) in [5, 5.41) is 15.2. The van der Waals surface area contributed by atoms with Crippen LogP contribution in [0.1, 0.15) is 28.8 Å². The van der Waals surface area contributed by atoms with Gasteiger partial charge in [0.15, 0.2) is 0 Å². The van der Waals surface area contributed by atoms with Gasteiger partial charge in [-0.15, -0.1) is 0 Å². The minimum Gasteiger partial charge on any atom is -0.487 e. The SMILES string of the molecule is O=C(c1ccccc1O[C@@H]1C[C@@H]2CN(Cc3ccsc3)C[C@@H]2C[C@H]1O)N1CCOCC1. The molecule has 1 N–H and O–H groups in total. The van der Waals surface area contributed by atoms with E-state index in [0.29, 0.717) is 49.5 Å². The molecule has 2 saturated heterocycles. The number of hydrogen-bond acceptors (Lipinski definition) is 6. The van der Waals surface area contributed by atoms with E-state index in [1.54, 1.807) is 11.3 Å². The van der Waals surface area contributed by atoms with Crippen LogP contribution >= 0.6 is 11.3 Å². The number of carbonyl (C=O) groups excluding carboxylic acids is 1. The zero-order chi connectivity index (χ0) is 21.2. The monoisotopic (exact) mass is 442 g/mol. The second kappa shape index (κ2) is 9.28. The predicted molar refractivity (Wildman–Crippen MR) is 119 cm³/mol. The van der Waals surface area contributed by atoms with Crippen molar-refractivity contribution < 1.29 is 19.4 Å². The standard InChI is InChI=1S/C24H30N2O4S/c27-21-11-18-14-25(13-17-5-10-31-16-17)15-19(18)12-23(21)30-22-4-2-1-3-20(22)24(28)26-6-8-29-9-7-26/h1-5,10,16,18-19,21,23,27H,6-9,11-15H2/t18-,19+,21+,23+/m0/s1. The molecule has 4 atom stereocenters. The number of para-hydroxylation sites is 1. The summed E-state index contributed by atoms with van der Waals surface area (Å²) in [5.74, 6) is 1.59. The second-order valence-electron chi connectivity index (χ2n) is 8.94. The van der Waals surface area contributed by atoms with Gasteiger partial charge in [0, 0.05) is 32.7 Å². The molecule has 1 saturated carbocycles. The van der Waals surface area contributed by atoms with Crippen molar-refractivity contribution in [1.82, 2.24) is 9.80 Å². The molecule has 0 bridgehead atoms. The molecule has 0 spiro atoms. The van der Waals surface area contributed by atoms with Gasteiger partial charge in [0.2, 0.25) is 0 Å². The fourth-order valence-corrected chi connectivity index (χ4v) is 5.89. The highest BCUT2D eigenvalue weighted by Crippen LogP contribution is 2.39. The Hall–Kier alpha value is -1.93. The van der Waals surface area contributed by atoms with Crippen molar-refractivity contribution in [2.24, 2.45) is 11.8 Å². The quantitative estimate of drug-likeness (QED) is 0.772. The van der Waals surface area contributed by atoms with Crippen molar-refractivity contribution in [3.05, 3.63) is 52.2 Å². The number of morpholine rings is 1. The Labute approximate surface area is 187 Å². The van der Waals surface area contributed by atoms with Crippen molar-refractivity contribution in [3.63, 3.8) is 0 Å². The van der Waals surface area contributed by atoms with E-state index < -0.39 is 6.10 Å². The van der Waals surface area contributed by atoms with Crippen molar-refractivity contribution in [2.45, 2.75) is 31.6 Å². The van der Waals surface area contributed by atoms with Crippen molar-refractivity contribution in [1.29, 1.82) is 0 Å². The number of fused-ring (bicyclic) bond motifs is 1. The number of hydrogen-bond donors (Lipinski definition) is 1. The summed E-state index contributed by atoms with van der Waals surface area (Å²) in [5.41, 5.74) is 1.94. The lowest BCUT2D eigenvalue weighted by Gasteiger charge is -2.36. The fourth-order valence-electron chi connectivity index (χ4n) is 5.23. The molecule has 3 heterocycles. The number of amides is 1. The summed E-state index contributed by atoms with van der Waals surface area (Å²) < 4.78 is 11.7. The van der Waals surface area contributed by atoms with Crippen LogP contribution in [0.4, 0.5) is 0 Å². The molecule has 0 unspecified atom stereocenters. The summed E-state index contributed by atoms with van der Waals surface area (Å²) in [6, 6.07) is 9.62. The molecule has 1 amide bonds. The van der Waals surface area contributed by atoms with Gasteiger partial charge in [-0.3, -0.25) is 9.69 Å². The first-order chi connectivity index (χ1) is 15.2. The molecule has 3 fully saturated rings. The molecule has 2 aromatic rings. The van der Waals surface area contributed by atoms with Gasteiger partial charge in [-0.25, -0.2) is 0 Å². The smallest absolute Gasteiger partial charge is 0.257 e. The minimum absolute atomic E-state index is 0.0233. The zero-order valence-corrected chi connectivity index (χ0v) is 18.5. The van der Waals surface area contributed by atoms with Crippen LogP contribution in [0.15, 0.2) is 41.1 Å². The molecule has 0 radical (unpaired) electrons. The molecule has 1 aromatic carbocycles. The van der Waals surface area contributed by atoms with Gasteiger partial charge in [-0.1, -0.05) is 12.1 Å². The number of benzene rings is 1. The van der Waals surface area contributed by atoms with Crippen LogP contribution in [0.25, 0.3) is 0 Å². The van der Waals surface area contributed by atoms with Gasteiger partial charge in [0.1, 0.15) is 11.9 Å². The molecule has 7 heteroatoms. The lowest BCUT2D eigenvalue weighted by molar-refractivity contribution is -0.0237. The van der Waals surface area contributed by atoms with E-state index >= 15 is 0 Å². The summed E-state index contributed by atoms with van der Waals surface area (Å²) in [6.07, 6.45) is 0.802. The second-order valence-corrected chi connectivity index (χ2v) is 9.72. The lowest BCUT2D eigenvalue weighted by atomic mass is 9.78. The van der Waals surface area contributed by atoms with Crippen molar-refractivity contribution in [2.75, 3.05) is 39.4 Å². The summed E-state index contributed by atoms with van der Waals surface area (Å²) in [7, 11) is 0. The first-order valence-electron chi connectivity index (χ1n) is 11.2. The highest BCUT2D eigenvalue weighted by Gasteiger charge is 2.43. The van der Waals surface area contributed by atoms with E-state index in [2.05, 4.69) is 21.7 Å². The number of thiophene rings is 1. The first-order valence-corrected chi connectivity index (χ1v) is 12.2. The summed E-state index contributed by atoms with van der Waals surface area (Å²) in [4.78, 5) is 17.4. The van der Waals surface area contributed by atoms with Crippen LogP contribution in [-0.2, 0) is 11.3 Å². The largest absolute Gasteiger partial charge is 0.487 e. The minimum atomic E-state index is -0.506. The molecule has 2 aliphatic heterocycles. The zero-order valence-electron chi connectivity index (χ0n) is 17.7. The number of likely N-dealkylation sites (tertiary alicyclic amines) is 1. The number of rotatable bonds is 5. The Morgan fingerprint density at radius 1 is 1.13 bits per heavy atom. The van der Waals surface area contributed by atoms with Crippen molar-refractivity contribution >= 4 is 17.2 Å². The van der Waals surface area contributed by atoms with Crippen LogP contribution in [0.5, 0.6) is 5.75 Å². The van der Waals surface area contributed by atoms with Gasteiger partial charge in [-0.2, -0.15) is 11.3 Å². The predicted octanol–water partition coefficient (Wildman–Crippen LogP) is 2.87. The van der Waals surface area contributed by atoms with Gasteiger partial charge < -0.3 is 19.5 Å². The Morgan fingerprint density at radius 3 is 2.68 bits per heavy atom. The molecule has 5 rings (SSSR count). The molecule has 6 nitrogen and oxygen atoms in total. The number of aliphatic hydroxyl groups excluding tert-OH is 1. The highest BCUT2D eigenvalue weighted by molar-refractivity contribution is 7.07. The maximum absolute atomic E-state index is 13.0. The number of carbonyl (C=O) groups is 1. The van der Waals surface area contributed by atoms with Crippen LogP contribution < -0.4 is 4.74 Å². The highest BCUT2D eigenvalue weighted by atomic mass is 32.1. The van der Waals surface area contributed by atoms with Gasteiger partial charge in [-0.05, 0) is 59.2 Å². The first kappa shape index (κ1) is 20.9. The maximum atomic E-state index is 13.0.